The van der Waals surface area contributed by atoms with E-state index in [2.05, 4.69) is 35.4 Å². The molecule has 3 rings (SSSR count). The zero-order chi connectivity index (χ0) is 14.8. The van der Waals surface area contributed by atoms with Crippen LogP contribution in [0.25, 0.3) is 10.9 Å². The molecule has 0 aliphatic carbocycles. The summed E-state index contributed by atoms with van der Waals surface area (Å²) in [4.78, 5) is 5.53. The predicted molar refractivity (Wildman–Crippen MR) is 86.3 cm³/mol. The molecule has 0 aliphatic rings. The summed E-state index contributed by atoms with van der Waals surface area (Å²) in [7, 11) is 1.87. The highest BCUT2D eigenvalue weighted by Crippen LogP contribution is 2.36. The Kier molecular flexibility index (Phi) is 3.99. The second-order valence-corrected chi connectivity index (χ2v) is 6.17. The highest BCUT2D eigenvalue weighted by atomic mass is 32.2. The van der Waals surface area contributed by atoms with E-state index in [1.54, 1.807) is 17.8 Å². The number of benzene rings is 2. The highest BCUT2D eigenvalue weighted by Gasteiger charge is 2.09. The lowest BCUT2D eigenvalue weighted by atomic mass is 10.2. The van der Waals surface area contributed by atoms with E-state index in [4.69, 9.17) is 0 Å². The molecule has 2 nitrogen and oxygen atoms in total. The molecule has 4 heteroatoms. The van der Waals surface area contributed by atoms with Gasteiger partial charge in [0.05, 0.1) is 0 Å². The number of hydrogen-bond donors (Lipinski definition) is 2. The number of H-pyrrole nitrogens is 1. The number of rotatable bonds is 4. The molecule has 0 aliphatic heterocycles. The number of nitrogens with one attached hydrogen (secondary N) is 2. The minimum absolute atomic E-state index is 0.195. The maximum atomic E-state index is 13.4. The van der Waals surface area contributed by atoms with E-state index >= 15 is 0 Å². The fraction of sp³-hybridized carbons (Fsp3) is 0.176. The lowest BCUT2D eigenvalue weighted by Gasteiger charge is -2.08. The zero-order valence-corrected chi connectivity index (χ0v) is 12.9. The van der Waals surface area contributed by atoms with Gasteiger partial charge in [-0.2, -0.15) is 0 Å². The molecule has 0 spiro atoms. The van der Waals surface area contributed by atoms with E-state index in [1.165, 1.54) is 17.0 Å². The molecule has 0 amide bonds. The van der Waals surface area contributed by atoms with Gasteiger partial charge in [-0.15, -0.1) is 0 Å². The normalized spacial score (nSPS) is 11.2. The van der Waals surface area contributed by atoms with Gasteiger partial charge < -0.3 is 10.3 Å². The summed E-state index contributed by atoms with van der Waals surface area (Å²) in [6.07, 6.45) is 2.02. The van der Waals surface area contributed by atoms with E-state index in [1.807, 2.05) is 19.3 Å². The van der Waals surface area contributed by atoms with Crippen molar-refractivity contribution in [2.75, 3.05) is 7.05 Å². The standard InChI is InChI=1S/C17H17FN2S/c1-11-3-5-15-14(7-11)17(10-20-15)21-16-6-4-13(18)8-12(16)9-19-2/h3-8,10,19-20H,9H2,1-2H3. The van der Waals surface area contributed by atoms with Gasteiger partial charge in [0.1, 0.15) is 5.82 Å². The Morgan fingerprint density at radius 1 is 1.14 bits per heavy atom. The van der Waals surface area contributed by atoms with Crippen LogP contribution in [0.15, 0.2) is 52.4 Å². The third-order valence-corrected chi connectivity index (χ3v) is 4.58. The Morgan fingerprint density at radius 3 is 2.81 bits per heavy atom. The van der Waals surface area contributed by atoms with E-state index in [0.717, 1.165) is 20.9 Å². The smallest absolute Gasteiger partial charge is 0.123 e. The van der Waals surface area contributed by atoms with Crippen LogP contribution in [-0.4, -0.2) is 12.0 Å². The van der Waals surface area contributed by atoms with Gasteiger partial charge in [0.15, 0.2) is 0 Å². The minimum Gasteiger partial charge on any atom is -0.360 e. The number of hydrogen-bond acceptors (Lipinski definition) is 2. The minimum atomic E-state index is -0.195. The lowest BCUT2D eigenvalue weighted by molar-refractivity contribution is 0.621. The Morgan fingerprint density at radius 2 is 2.00 bits per heavy atom. The van der Waals surface area contributed by atoms with Gasteiger partial charge in [-0.25, -0.2) is 4.39 Å². The van der Waals surface area contributed by atoms with Crippen molar-refractivity contribution in [3.8, 4) is 0 Å². The SMILES string of the molecule is CNCc1cc(F)ccc1Sc1c[nH]c2ccc(C)cc12. The maximum Gasteiger partial charge on any atom is 0.123 e. The molecule has 2 N–H and O–H groups in total. The van der Waals surface area contributed by atoms with Crippen molar-refractivity contribution in [2.45, 2.75) is 23.3 Å². The Bertz CT molecular complexity index is 780. The number of fused-ring (bicyclic) bond motifs is 1. The molecule has 0 unspecified atom stereocenters. The van der Waals surface area contributed by atoms with Gasteiger partial charge >= 0.3 is 0 Å². The summed E-state index contributed by atoms with van der Waals surface area (Å²) in [5, 5.41) is 4.30. The van der Waals surface area contributed by atoms with Crippen LogP contribution >= 0.6 is 11.8 Å². The highest BCUT2D eigenvalue weighted by molar-refractivity contribution is 7.99. The third kappa shape index (κ3) is 2.96. The van der Waals surface area contributed by atoms with E-state index < -0.39 is 0 Å². The van der Waals surface area contributed by atoms with E-state index in [0.29, 0.717) is 6.54 Å². The summed E-state index contributed by atoms with van der Waals surface area (Å²) in [6.45, 7) is 2.74. The lowest BCUT2D eigenvalue weighted by Crippen LogP contribution is -2.06. The fourth-order valence-electron chi connectivity index (χ4n) is 2.39. The van der Waals surface area contributed by atoms with Gasteiger partial charge in [-0.05, 0) is 49.9 Å². The molecule has 1 aromatic heterocycles. The van der Waals surface area contributed by atoms with Crippen molar-refractivity contribution in [1.29, 1.82) is 0 Å². The summed E-state index contributed by atoms with van der Waals surface area (Å²) >= 11 is 1.67. The van der Waals surface area contributed by atoms with Gasteiger partial charge in [0, 0.05) is 33.4 Å². The molecule has 0 saturated carbocycles. The Labute approximate surface area is 127 Å². The van der Waals surface area contributed by atoms with Crippen LogP contribution in [0.2, 0.25) is 0 Å². The van der Waals surface area contributed by atoms with Gasteiger partial charge in [0.2, 0.25) is 0 Å². The van der Waals surface area contributed by atoms with Crippen LogP contribution in [0, 0.1) is 12.7 Å². The average Bonchev–Trinajstić information content (AvgIpc) is 2.84. The molecule has 3 aromatic rings. The molecule has 0 saturated heterocycles. The van der Waals surface area contributed by atoms with Gasteiger partial charge in [-0.1, -0.05) is 23.4 Å². The van der Waals surface area contributed by atoms with Gasteiger partial charge in [0.25, 0.3) is 0 Å². The zero-order valence-electron chi connectivity index (χ0n) is 12.0. The molecule has 2 aromatic carbocycles. The van der Waals surface area contributed by atoms with Crippen molar-refractivity contribution in [1.82, 2.24) is 10.3 Å². The monoisotopic (exact) mass is 300 g/mol. The average molecular weight is 300 g/mol. The molecule has 1 heterocycles. The fourth-order valence-corrected chi connectivity index (χ4v) is 3.42. The molecule has 21 heavy (non-hydrogen) atoms. The first kappa shape index (κ1) is 14.2. The molecule has 0 radical (unpaired) electrons. The first-order valence-electron chi connectivity index (χ1n) is 6.86. The number of halogens is 1. The number of aromatic amines is 1. The second kappa shape index (κ2) is 5.92. The quantitative estimate of drug-likeness (QED) is 0.743. The predicted octanol–water partition coefficient (Wildman–Crippen LogP) is 4.49. The van der Waals surface area contributed by atoms with Crippen molar-refractivity contribution in [3.05, 3.63) is 59.5 Å². The number of aryl methyl sites for hydroxylation is 1. The van der Waals surface area contributed by atoms with Crippen LogP contribution in [0.1, 0.15) is 11.1 Å². The molecule has 108 valence electrons. The van der Waals surface area contributed by atoms with Crippen LogP contribution in [0.3, 0.4) is 0 Å². The van der Waals surface area contributed by atoms with Crippen molar-refractivity contribution < 1.29 is 4.39 Å². The van der Waals surface area contributed by atoms with Crippen LogP contribution in [0.4, 0.5) is 4.39 Å². The molecular formula is C17H17FN2S. The largest absolute Gasteiger partial charge is 0.360 e. The summed E-state index contributed by atoms with van der Waals surface area (Å²) in [5.74, 6) is -0.195. The molecule has 0 fully saturated rings. The first-order valence-corrected chi connectivity index (χ1v) is 7.67. The summed E-state index contributed by atoms with van der Waals surface area (Å²) in [5.41, 5.74) is 3.34. The van der Waals surface area contributed by atoms with E-state index in [9.17, 15) is 4.39 Å². The van der Waals surface area contributed by atoms with Crippen LogP contribution < -0.4 is 5.32 Å². The number of aromatic nitrogens is 1. The van der Waals surface area contributed by atoms with Crippen LogP contribution in [0.5, 0.6) is 0 Å². The van der Waals surface area contributed by atoms with E-state index in [-0.39, 0.29) is 5.82 Å². The van der Waals surface area contributed by atoms with Crippen molar-refractivity contribution in [2.24, 2.45) is 0 Å². The third-order valence-electron chi connectivity index (χ3n) is 3.41. The Balaban J connectivity index is 2.00. The summed E-state index contributed by atoms with van der Waals surface area (Å²) in [6, 6.07) is 11.3. The first-order chi connectivity index (χ1) is 10.2. The Hall–Kier alpha value is -1.78. The van der Waals surface area contributed by atoms with Crippen molar-refractivity contribution in [3.63, 3.8) is 0 Å². The second-order valence-electron chi connectivity index (χ2n) is 5.09. The van der Waals surface area contributed by atoms with Crippen LogP contribution in [-0.2, 0) is 6.54 Å². The molecular weight excluding hydrogens is 283 g/mol. The molecule has 0 bridgehead atoms. The van der Waals surface area contributed by atoms with Gasteiger partial charge in [-0.3, -0.25) is 0 Å². The maximum absolute atomic E-state index is 13.4. The topological polar surface area (TPSA) is 27.8 Å². The molecule has 0 atom stereocenters. The van der Waals surface area contributed by atoms with Crippen molar-refractivity contribution >= 4 is 22.7 Å². The summed E-state index contributed by atoms with van der Waals surface area (Å²) < 4.78 is 13.4.